The summed E-state index contributed by atoms with van der Waals surface area (Å²) < 4.78 is 1.91. The lowest BCUT2D eigenvalue weighted by molar-refractivity contribution is -0.115. The van der Waals surface area contributed by atoms with E-state index >= 15 is 0 Å². The van der Waals surface area contributed by atoms with E-state index in [0.29, 0.717) is 15.9 Å². The van der Waals surface area contributed by atoms with E-state index in [9.17, 15) is 4.79 Å². The lowest BCUT2D eigenvalue weighted by Gasteiger charge is -2.20. The van der Waals surface area contributed by atoms with E-state index < -0.39 is 0 Å². The van der Waals surface area contributed by atoms with Gasteiger partial charge in [-0.1, -0.05) is 54.6 Å². The zero-order chi connectivity index (χ0) is 22.7. The van der Waals surface area contributed by atoms with Crippen LogP contribution in [0.2, 0.25) is 5.02 Å². The van der Waals surface area contributed by atoms with Crippen molar-refractivity contribution in [1.82, 2.24) is 19.7 Å². The molecule has 0 spiro atoms. The SMILES string of the molecule is CCc1ccccc1N(C(C)=O)c1nc(CSc2nncn2-c2ccc(C)c(Cl)c2)cs1. The summed E-state index contributed by atoms with van der Waals surface area (Å²) in [6.45, 7) is 5.62. The van der Waals surface area contributed by atoms with Gasteiger partial charge in [0.2, 0.25) is 5.91 Å². The van der Waals surface area contributed by atoms with Gasteiger partial charge in [-0.25, -0.2) is 4.98 Å². The third-order valence-electron chi connectivity index (χ3n) is 4.96. The Hall–Kier alpha value is -2.68. The van der Waals surface area contributed by atoms with E-state index in [-0.39, 0.29) is 5.91 Å². The van der Waals surface area contributed by atoms with Gasteiger partial charge in [-0.2, -0.15) is 0 Å². The fourth-order valence-corrected chi connectivity index (χ4v) is 5.25. The van der Waals surface area contributed by atoms with E-state index in [0.717, 1.165) is 39.8 Å². The van der Waals surface area contributed by atoms with Gasteiger partial charge in [-0.15, -0.1) is 21.5 Å². The number of anilines is 2. The van der Waals surface area contributed by atoms with E-state index in [1.807, 2.05) is 59.3 Å². The Labute approximate surface area is 200 Å². The Bertz CT molecular complexity index is 1250. The number of hydrogen-bond acceptors (Lipinski definition) is 6. The van der Waals surface area contributed by atoms with E-state index in [4.69, 9.17) is 16.6 Å². The maximum absolute atomic E-state index is 12.5. The van der Waals surface area contributed by atoms with Crippen LogP contribution in [0.25, 0.3) is 5.69 Å². The molecule has 0 fully saturated rings. The summed E-state index contributed by atoms with van der Waals surface area (Å²) in [7, 11) is 0. The number of thiazole rings is 1. The fourth-order valence-electron chi connectivity index (χ4n) is 3.27. The van der Waals surface area contributed by atoms with Crippen LogP contribution in [-0.2, 0) is 17.0 Å². The Balaban J connectivity index is 1.54. The van der Waals surface area contributed by atoms with Crippen LogP contribution in [0, 0.1) is 6.92 Å². The summed E-state index contributed by atoms with van der Waals surface area (Å²) in [6, 6.07) is 13.8. The minimum atomic E-state index is -0.0598. The number of aryl methyl sites for hydroxylation is 2. The van der Waals surface area contributed by atoms with Crippen molar-refractivity contribution in [3.8, 4) is 5.69 Å². The number of rotatable bonds is 7. The number of carbonyl (C=O) groups excluding carboxylic acids is 1. The number of nitrogens with zero attached hydrogens (tertiary/aromatic N) is 5. The second-order valence-corrected chi connectivity index (χ2v) is 9.35. The molecule has 0 atom stereocenters. The number of aromatic nitrogens is 4. The van der Waals surface area contributed by atoms with Gasteiger partial charge in [0.1, 0.15) is 6.33 Å². The minimum absolute atomic E-state index is 0.0598. The van der Waals surface area contributed by atoms with Crippen molar-refractivity contribution in [1.29, 1.82) is 0 Å². The average molecular weight is 484 g/mol. The number of benzene rings is 2. The molecule has 0 bridgehead atoms. The van der Waals surface area contributed by atoms with Crippen LogP contribution in [0.3, 0.4) is 0 Å². The number of thioether (sulfide) groups is 1. The summed E-state index contributed by atoms with van der Waals surface area (Å²) in [4.78, 5) is 18.9. The van der Waals surface area contributed by atoms with Crippen molar-refractivity contribution in [2.45, 2.75) is 38.1 Å². The second kappa shape index (κ2) is 9.85. The molecule has 9 heteroatoms. The van der Waals surface area contributed by atoms with Crippen LogP contribution >= 0.6 is 34.7 Å². The number of hydrogen-bond donors (Lipinski definition) is 0. The number of carbonyl (C=O) groups is 1. The molecule has 2 heterocycles. The average Bonchev–Trinajstić information content (AvgIpc) is 3.44. The molecule has 6 nitrogen and oxygen atoms in total. The summed E-state index contributed by atoms with van der Waals surface area (Å²) in [6.07, 6.45) is 2.52. The first kappa shape index (κ1) is 22.5. The Morgan fingerprint density at radius 2 is 2.06 bits per heavy atom. The molecule has 0 aliphatic rings. The predicted octanol–water partition coefficient (Wildman–Crippen LogP) is 6.22. The van der Waals surface area contributed by atoms with Gasteiger partial charge in [-0.05, 0) is 42.7 Å². The molecule has 4 rings (SSSR count). The Kier molecular flexibility index (Phi) is 6.93. The number of para-hydroxylation sites is 1. The second-order valence-electron chi connectivity index (χ2n) is 7.16. The standard InChI is InChI=1S/C23H22ClN5OS2/c1-4-17-7-5-6-8-21(17)29(16(3)30)22-26-18(12-31-22)13-32-23-27-25-14-28(23)19-10-9-15(2)20(24)11-19/h5-12,14H,4,13H2,1-3H3. The highest BCUT2D eigenvalue weighted by Crippen LogP contribution is 2.33. The van der Waals surface area contributed by atoms with Crippen LogP contribution in [0.4, 0.5) is 10.8 Å². The van der Waals surface area contributed by atoms with Crippen molar-refractivity contribution in [3.63, 3.8) is 0 Å². The predicted molar refractivity (Wildman–Crippen MR) is 131 cm³/mol. The topological polar surface area (TPSA) is 63.9 Å². The largest absolute Gasteiger partial charge is 0.277 e. The molecule has 164 valence electrons. The highest BCUT2D eigenvalue weighted by molar-refractivity contribution is 7.98. The maximum Gasteiger partial charge on any atom is 0.230 e. The van der Waals surface area contributed by atoms with Gasteiger partial charge in [0, 0.05) is 23.1 Å². The highest BCUT2D eigenvalue weighted by Gasteiger charge is 2.20. The van der Waals surface area contributed by atoms with Gasteiger partial charge >= 0.3 is 0 Å². The first-order valence-corrected chi connectivity index (χ1v) is 12.3. The van der Waals surface area contributed by atoms with Crippen molar-refractivity contribution in [2.75, 3.05) is 4.90 Å². The fraction of sp³-hybridized carbons (Fsp3) is 0.217. The molecule has 0 radical (unpaired) electrons. The first-order valence-electron chi connectivity index (χ1n) is 10.1. The van der Waals surface area contributed by atoms with Crippen molar-refractivity contribution in [2.24, 2.45) is 0 Å². The zero-order valence-corrected chi connectivity index (χ0v) is 20.3. The summed E-state index contributed by atoms with van der Waals surface area (Å²) in [5.74, 6) is 0.547. The Morgan fingerprint density at radius 1 is 1.25 bits per heavy atom. The molecular weight excluding hydrogens is 462 g/mol. The molecule has 32 heavy (non-hydrogen) atoms. The van der Waals surface area contributed by atoms with Crippen LogP contribution in [-0.4, -0.2) is 25.7 Å². The normalized spacial score (nSPS) is 11.0. The summed E-state index contributed by atoms with van der Waals surface area (Å²) >= 11 is 9.28. The number of amides is 1. The molecule has 0 aliphatic heterocycles. The molecule has 0 aliphatic carbocycles. The molecule has 2 aromatic carbocycles. The highest BCUT2D eigenvalue weighted by atomic mass is 35.5. The van der Waals surface area contributed by atoms with Crippen molar-refractivity contribution >= 4 is 51.4 Å². The van der Waals surface area contributed by atoms with Crippen molar-refractivity contribution in [3.05, 3.63) is 76.0 Å². The van der Waals surface area contributed by atoms with Gasteiger partial charge in [0.15, 0.2) is 10.3 Å². The van der Waals surface area contributed by atoms with Crippen LogP contribution < -0.4 is 4.90 Å². The van der Waals surface area contributed by atoms with Gasteiger partial charge < -0.3 is 0 Å². The number of halogens is 1. The maximum atomic E-state index is 12.5. The molecule has 0 saturated carbocycles. The molecule has 0 saturated heterocycles. The Morgan fingerprint density at radius 3 is 2.81 bits per heavy atom. The lowest BCUT2D eigenvalue weighted by atomic mass is 10.1. The molecule has 2 aromatic heterocycles. The van der Waals surface area contributed by atoms with E-state index in [1.165, 1.54) is 23.1 Å². The first-order chi connectivity index (χ1) is 15.5. The van der Waals surface area contributed by atoms with Crippen molar-refractivity contribution < 1.29 is 4.79 Å². The quantitative estimate of drug-likeness (QED) is 0.292. The third kappa shape index (κ3) is 4.72. The van der Waals surface area contributed by atoms with Crippen LogP contribution in [0.5, 0.6) is 0 Å². The molecule has 0 unspecified atom stereocenters. The van der Waals surface area contributed by atoms with Crippen LogP contribution in [0.15, 0.2) is 59.3 Å². The lowest BCUT2D eigenvalue weighted by Crippen LogP contribution is -2.23. The zero-order valence-electron chi connectivity index (χ0n) is 17.9. The van der Waals surface area contributed by atoms with Gasteiger partial charge in [0.05, 0.1) is 17.1 Å². The van der Waals surface area contributed by atoms with E-state index in [2.05, 4.69) is 17.1 Å². The van der Waals surface area contributed by atoms with Gasteiger partial charge in [-0.3, -0.25) is 14.3 Å². The molecule has 1 amide bonds. The smallest absolute Gasteiger partial charge is 0.230 e. The minimum Gasteiger partial charge on any atom is -0.277 e. The van der Waals surface area contributed by atoms with E-state index in [1.54, 1.807) is 18.2 Å². The molecule has 0 N–H and O–H groups in total. The third-order valence-corrected chi connectivity index (χ3v) is 7.22. The van der Waals surface area contributed by atoms with Crippen LogP contribution in [0.1, 0.15) is 30.7 Å². The molecule has 4 aromatic rings. The summed E-state index contributed by atoms with van der Waals surface area (Å²) in [5.41, 5.74) is 4.80. The summed E-state index contributed by atoms with van der Waals surface area (Å²) in [5, 5.41) is 12.4. The monoisotopic (exact) mass is 483 g/mol. The van der Waals surface area contributed by atoms with Gasteiger partial charge in [0.25, 0.3) is 0 Å². The molecular formula is C23H22ClN5OS2.